The number of carbonyl (C=O) groups excluding carboxylic acids is 1. The average molecular weight is 185 g/mol. The molecule has 13 heavy (non-hydrogen) atoms. The Labute approximate surface area is 86.1 Å². The van der Waals surface area contributed by atoms with E-state index in [1.165, 1.54) is 6.92 Å². The molecule has 2 unspecified atom stereocenters. The minimum Gasteiger partial charge on any atom is -0.330 e. The Bertz CT molecular complexity index is 374. The van der Waals surface area contributed by atoms with Crippen molar-refractivity contribution in [2.75, 3.05) is 0 Å². The van der Waals surface area contributed by atoms with E-state index in [2.05, 4.69) is 6.58 Å². The lowest BCUT2D eigenvalue weighted by Gasteiger charge is -2.43. The predicted molar refractivity (Wildman–Crippen MR) is 54.1 cm³/mol. The van der Waals surface area contributed by atoms with Crippen molar-refractivity contribution in [3.63, 3.8) is 0 Å². The van der Waals surface area contributed by atoms with Gasteiger partial charge in [0.05, 0.1) is 5.41 Å². The Kier molecular flexibility index (Phi) is 1.29. The molecule has 1 saturated heterocycles. The molecular formula is C11H19NO. The normalized spacial score (nSPS) is 44.9. The Morgan fingerprint density at radius 3 is 2.69 bits per heavy atom. The molecule has 1 amide bonds. The van der Waals surface area contributed by atoms with Gasteiger partial charge < -0.3 is 5.31 Å². The first-order valence-corrected chi connectivity index (χ1v) is 4.33. The monoisotopic (exact) mass is 185 g/mol. The van der Waals surface area contributed by atoms with E-state index >= 15 is 0 Å². The maximum Gasteiger partial charge on any atom is 0.230 e. The summed E-state index contributed by atoms with van der Waals surface area (Å²) in [6, 6.07) is 0. The Balaban J connectivity index is 3.47. The second-order valence-electron chi connectivity index (χ2n) is 4.57. The Hall–Kier alpha value is -0.790. The van der Waals surface area contributed by atoms with Gasteiger partial charge in [-0.15, -0.1) is 0 Å². The van der Waals surface area contributed by atoms with Crippen LogP contribution in [0.25, 0.3) is 0 Å². The molecule has 0 saturated carbocycles. The molecule has 1 rings (SSSR count). The molecule has 2 atom stereocenters. The molecule has 0 aromatic carbocycles. The van der Waals surface area contributed by atoms with Gasteiger partial charge in [0.25, 0.3) is 0 Å². The van der Waals surface area contributed by atoms with Crippen LogP contribution >= 0.6 is 0 Å². The summed E-state index contributed by atoms with van der Waals surface area (Å²) in [6.45, 7) is 10.2. The SMILES string of the molecule is [2H]C1C(=C)N([2H])C(=O)C(C)(C(C)(C)C)C1([2H])[2H]. The van der Waals surface area contributed by atoms with Gasteiger partial charge in [-0.3, -0.25) is 4.79 Å². The molecule has 1 heterocycles. The fourth-order valence-corrected chi connectivity index (χ4v) is 1.10. The van der Waals surface area contributed by atoms with Crippen LogP contribution < -0.4 is 5.31 Å². The van der Waals surface area contributed by atoms with Gasteiger partial charge in [-0.1, -0.05) is 34.3 Å². The van der Waals surface area contributed by atoms with E-state index in [9.17, 15) is 4.79 Å². The fourth-order valence-electron chi connectivity index (χ4n) is 1.10. The van der Waals surface area contributed by atoms with Gasteiger partial charge in [-0.25, -0.2) is 0 Å². The summed E-state index contributed by atoms with van der Waals surface area (Å²) >= 11 is 0. The first-order valence-electron chi connectivity index (χ1n) is 6.36. The Morgan fingerprint density at radius 1 is 1.69 bits per heavy atom. The van der Waals surface area contributed by atoms with Crippen molar-refractivity contribution in [1.82, 2.24) is 5.31 Å². The van der Waals surface area contributed by atoms with Crippen LogP contribution in [0.2, 0.25) is 1.41 Å². The van der Waals surface area contributed by atoms with Gasteiger partial charge in [0.15, 0.2) is 1.41 Å². The third kappa shape index (κ3) is 1.62. The van der Waals surface area contributed by atoms with Crippen molar-refractivity contribution in [1.29, 1.82) is 0 Å². The van der Waals surface area contributed by atoms with Gasteiger partial charge in [0.2, 0.25) is 5.91 Å². The van der Waals surface area contributed by atoms with E-state index < -0.39 is 29.5 Å². The summed E-state index contributed by atoms with van der Waals surface area (Å²) in [5, 5.41) is 0.574. The first kappa shape index (κ1) is 5.84. The number of hydrogen-bond donors (Lipinski definition) is 1. The van der Waals surface area contributed by atoms with Crippen LogP contribution in [-0.4, -0.2) is 5.91 Å². The zero-order valence-corrected chi connectivity index (χ0v) is 8.64. The number of carbonyl (C=O) groups is 1. The molecule has 1 aliphatic rings. The van der Waals surface area contributed by atoms with E-state index in [1.807, 2.05) is 0 Å². The first-order chi connectivity index (χ1) is 7.39. The smallest absolute Gasteiger partial charge is 0.230 e. The molecule has 0 aromatic heterocycles. The summed E-state index contributed by atoms with van der Waals surface area (Å²) in [4.78, 5) is 12.2. The summed E-state index contributed by atoms with van der Waals surface area (Å²) in [5.74, 6) is -0.636. The summed E-state index contributed by atoms with van der Waals surface area (Å²) in [6.07, 6.45) is -3.35. The number of rotatable bonds is 0. The van der Waals surface area contributed by atoms with E-state index in [1.54, 1.807) is 20.8 Å². The van der Waals surface area contributed by atoms with Crippen molar-refractivity contribution in [2.24, 2.45) is 10.8 Å². The molecular weight excluding hydrogens is 162 g/mol. The van der Waals surface area contributed by atoms with Crippen molar-refractivity contribution < 1.29 is 10.3 Å². The molecule has 74 valence electrons. The standard InChI is InChI=1S/C11H19NO/c1-8-6-7-11(5,9(13)12-8)10(2,3)4/h1,6-7H2,2-5H3,(H,12,13)/i6D,7D2/hD. The van der Waals surface area contributed by atoms with Crippen LogP contribution in [0.4, 0.5) is 0 Å². The number of hydrogen-bond acceptors (Lipinski definition) is 1. The van der Waals surface area contributed by atoms with Crippen molar-refractivity contribution in [3.05, 3.63) is 12.3 Å². The highest BCUT2D eigenvalue weighted by atomic mass is 16.2. The van der Waals surface area contributed by atoms with Crippen LogP contribution in [0.5, 0.6) is 0 Å². The van der Waals surface area contributed by atoms with Crippen LogP contribution in [0.3, 0.4) is 0 Å². The molecule has 2 heteroatoms. The summed E-state index contributed by atoms with van der Waals surface area (Å²) in [7, 11) is 0. The molecule has 1 N–H and O–H groups in total. The Morgan fingerprint density at radius 2 is 2.23 bits per heavy atom. The molecule has 1 aliphatic heterocycles. The van der Waals surface area contributed by atoms with Crippen LogP contribution in [-0.2, 0) is 4.79 Å². The van der Waals surface area contributed by atoms with E-state index in [0.29, 0.717) is 5.31 Å². The number of nitrogens with one attached hydrogen (secondary N) is 1. The van der Waals surface area contributed by atoms with Crippen LogP contribution in [0.1, 0.15) is 44.6 Å². The van der Waals surface area contributed by atoms with Crippen LogP contribution in [0, 0.1) is 10.8 Å². The highest BCUT2D eigenvalue weighted by molar-refractivity contribution is 5.85. The van der Waals surface area contributed by atoms with Gasteiger partial charge in [0, 0.05) is 9.81 Å². The van der Waals surface area contributed by atoms with Gasteiger partial charge >= 0.3 is 0 Å². The third-order valence-electron chi connectivity index (χ3n) is 2.70. The number of amides is 1. The highest BCUT2D eigenvalue weighted by Crippen LogP contribution is 2.44. The highest BCUT2D eigenvalue weighted by Gasteiger charge is 2.45. The lowest BCUT2D eigenvalue weighted by atomic mass is 9.63. The molecule has 2 nitrogen and oxygen atoms in total. The molecule has 0 spiro atoms. The summed E-state index contributed by atoms with van der Waals surface area (Å²) < 4.78 is 31.6. The van der Waals surface area contributed by atoms with Crippen LogP contribution in [0.15, 0.2) is 12.3 Å². The van der Waals surface area contributed by atoms with E-state index in [-0.39, 0.29) is 5.70 Å². The second kappa shape index (κ2) is 2.86. The number of allylic oxidation sites excluding steroid dienone is 1. The topological polar surface area (TPSA) is 29.1 Å². The van der Waals surface area contributed by atoms with E-state index in [4.69, 9.17) is 5.52 Å². The molecule has 1 fully saturated rings. The minimum atomic E-state index is -2.04. The fraction of sp³-hybridized carbons (Fsp3) is 0.727. The largest absolute Gasteiger partial charge is 0.330 e. The molecule has 0 bridgehead atoms. The van der Waals surface area contributed by atoms with Crippen molar-refractivity contribution in [3.8, 4) is 0 Å². The molecule has 0 aliphatic carbocycles. The van der Waals surface area contributed by atoms with Gasteiger partial charge in [-0.2, -0.15) is 0 Å². The maximum absolute atomic E-state index is 12.2. The molecule has 0 radical (unpaired) electrons. The van der Waals surface area contributed by atoms with Crippen molar-refractivity contribution >= 4 is 5.91 Å². The maximum atomic E-state index is 12.2. The second-order valence-corrected chi connectivity index (χ2v) is 4.57. The zero-order valence-electron chi connectivity index (χ0n) is 12.6. The van der Waals surface area contributed by atoms with Crippen molar-refractivity contribution in [2.45, 2.75) is 40.5 Å². The lowest BCUT2D eigenvalue weighted by molar-refractivity contribution is -0.137. The molecule has 0 aromatic rings. The minimum absolute atomic E-state index is 0.110. The van der Waals surface area contributed by atoms with Gasteiger partial charge in [-0.05, 0) is 18.2 Å². The third-order valence-corrected chi connectivity index (χ3v) is 2.70. The average Bonchev–Trinajstić information content (AvgIpc) is 2.20. The van der Waals surface area contributed by atoms with E-state index in [0.717, 1.165) is 0 Å². The predicted octanol–water partition coefficient (Wildman–Crippen LogP) is 2.46. The summed E-state index contributed by atoms with van der Waals surface area (Å²) in [5.41, 5.74) is -2.22. The zero-order chi connectivity index (χ0) is 13.8. The number of piperidine rings is 1. The lowest BCUT2D eigenvalue weighted by Crippen LogP contribution is -2.49. The van der Waals surface area contributed by atoms with Gasteiger partial charge in [0.1, 0.15) is 0 Å². The quantitative estimate of drug-likeness (QED) is 0.617.